The number of piperidine rings is 1. The van der Waals surface area contributed by atoms with Gasteiger partial charge in [-0.05, 0) is 42.7 Å². The van der Waals surface area contributed by atoms with E-state index in [1.54, 1.807) is 12.1 Å². The second-order valence-electron chi connectivity index (χ2n) is 7.81. The number of para-hydroxylation sites is 1. The number of nitrogens with zero attached hydrogens (tertiary/aromatic N) is 2. The molecule has 4 nitrogen and oxygen atoms in total. The average molecular weight is 381 g/mol. The van der Waals surface area contributed by atoms with Gasteiger partial charge < -0.3 is 15.0 Å². The Bertz CT molecular complexity index is 794. The maximum Gasteiger partial charge on any atom is 0.193 e. The molecular weight excluding hydrogens is 353 g/mol. The van der Waals surface area contributed by atoms with Gasteiger partial charge in [-0.3, -0.25) is 4.99 Å². The first-order chi connectivity index (χ1) is 13.7. The van der Waals surface area contributed by atoms with Gasteiger partial charge in [-0.25, -0.2) is 4.39 Å². The van der Waals surface area contributed by atoms with Crippen LogP contribution >= 0.6 is 0 Å². The average Bonchev–Trinajstić information content (AvgIpc) is 3.52. The van der Waals surface area contributed by atoms with Crippen molar-refractivity contribution in [2.24, 2.45) is 4.99 Å². The summed E-state index contributed by atoms with van der Waals surface area (Å²) < 4.78 is 19.3. The van der Waals surface area contributed by atoms with Gasteiger partial charge >= 0.3 is 0 Å². The van der Waals surface area contributed by atoms with E-state index in [4.69, 9.17) is 4.74 Å². The van der Waals surface area contributed by atoms with Crippen molar-refractivity contribution in [1.82, 2.24) is 10.2 Å². The highest BCUT2D eigenvalue weighted by molar-refractivity contribution is 5.80. The van der Waals surface area contributed by atoms with E-state index >= 15 is 0 Å². The van der Waals surface area contributed by atoms with E-state index in [0.29, 0.717) is 0 Å². The monoisotopic (exact) mass is 381 g/mol. The minimum absolute atomic E-state index is 0.123. The van der Waals surface area contributed by atoms with Gasteiger partial charge in [0, 0.05) is 44.9 Å². The largest absolute Gasteiger partial charge is 0.490 e. The van der Waals surface area contributed by atoms with Crippen molar-refractivity contribution >= 4 is 5.96 Å². The molecule has 148 valence electrons. The second kappa shape index (κ2) is 8.21. The minimum atomic E-state index is -0.177. The molecule has 1 aliphatic carbocycles. The lowest BCUT2D eigenvalue weighted by molar-refractivity contribution is 0.129. The highest BCUT2D eigenvalue weighted by atomic mass is 19.1. The first-order valence-corrected chi connectivity index (χ1v) is 10.1. The zero-order valence-corrected chi connectivity index (χ0v) is 16.4. The van der Waals surface area contributed by atoms with Crippen LogP contribution in [0.1, 0.15) is 31.2 Å². The lowest BCUT2D eigenvalue weighted by Gasteiger charge is -2.35. The van der Waals surface area contributed by atoms with Crippen LogP contribution in [0.2, 0.25) is 0 Å². The molecule has 0 atom stereocenters. The normalized spacial score (nSPS) is 19.4. The molecule has 1 saturated carbocycles. The van der Waals surface area contributed by atoms with Crippen LogP contribution in [0.25, 0.3) is 0 Å². The number of halogens is 1. The predicted octanol–water partition coefficient (Wildman–Crippen LogP) is 3.98. The molecule has 0 radical (unpaired) electrons. The Morgan fingerprint density at radius 3 is 2.39 bits per heavy atom. The highest BCUT2D eigenvalue weighted by Gasteiger charge is 2.44. The van der Waals surface area contributed by atoms with Crippen LogP contribution in [0, 0.1) is 5.82 Å². The van der Waals surface area contributed by atoms with E-state index in [1.807, 2.05) is 49.5 Å². The number of guanidine groups is 1. The SMILES string of the molecule is CN=C(NCC1(c2ccc(F)cc2)CC1)N1CCC(Oc2ccccc2)CC1. The lowest BCUT2D eigenvalue weighted by Crippen LogP contribution is -2.49. The Balaban J connectivity index is 1.29. The van der Waals surface area contributed by atoms with Crippen molar-refractivity contribution in [2.45, 2.75) is 37.2 Å². The van der Waals surface area contributed by atoms with Gasteiger partial charge in [-0.15, -0.1) is 0 Å². The van der Waals surface area contributed by atoms with Crippen LogP contribution in [-0.2, 0) is 5.41 Å². The third-order valence-corrected chi connectivity index (χ3v) is 5.89. The van der Waals surface area contributed by atoms with Gasteiger partial charge in [0.1, 0.15) is 17.7 Å². The summed E-state index contributed by atoms with van der Waals surface area (Å²) in [5, 5.41) is 3.56. The number of likely N-dealkylation sites (tertiary alicyclic amines) is 1. The molecule has 1 saturated heterocycles. The first kappa shape index (κ1) is 18.8. The van der Waals surface area contributed by atoms with Gasteiger partial charge in [-0.2, -0.15) is 0 Å². The summed E-state index contributed by atoms with van der Waals surface area (Å²) in [5.74, 6) is 1.72. The molecular formula is C23H28FN3O. The molecule has 1 aliphatic heterocycles. The number of ether oxygens (including phenoxy) is 1. The topological polar surface area (TPSA) is 36.9 Å². The molecule has 2 fully saturated rings. The quantitative estimate of drug-likeness (QED) is 0.629. The minimum Gasteiger partial charge on any atom is -0.490 e. The number of aliphatic imine (C=N–C) groups is 1. The van der Waals surface area contributed by atoms with Crippen molar-refractivity contribution in [3.63, 3.8) is 0 Å². The third-order valence-electron chi connectivity index (χ3n) is 5.89. The maximum absolute atomic E-state index is 13.2. The predicted molar refractivity (Wildman–Crippen MR) is 110 cm³/mol. The molecule has 0 bridgehead atoms. The molecule has 5 heteroatoms. The molecule has 1 N–H and O–H groups in total. The van der Waals surface area contributed by atoms with Crippen LogP contribution in [0.15, 0.2) is 59.6 Å². The Morgan fingerprint density at radius 1 is 1.11 bits per heavy atom. The Hall–Kier alpha value is -2.56. The smallest absolute Gasteiger partial charge is 0.193 e. The zero-order chi connectivity index (χ0) is 19.4. The molecule has 0 spiro atoms. The van der Waals surface area contributed by atoms with Crippen molar-refractivity contribution in [2.75, 3.05) is 26.7 Å². The van der Waals surface area contributed by atoms with E-state index in [-0.39, 0.29) is 17.3 Å². The number of hydrogen-bond acceptors (Lipinski definition) is 2. The van der Waals surface area contributed by atoms with E-state index in [0.717, 1.165) is 57.0 Å². The maximum atomic E-state index is 13.2. The van der Waals surface area contributed by atoms with Crippen molar-refractivity contribution < 1.29 is 9.13 Å². The van der Waals surface area contributed by atoms with E-state index in [9.17, 15) is 4.39 Å². The van der Waals surface area contributed by atoms with Gasteiger partial charge in [0.25, 0.3) is 0 Å². The van der Waals surface area contributed by atoms with Gasteiger partial charge in [0.2, 0.25) is 0 Å². The fourth-order valence-electron chi connectivity index (χ4n) is 3.98. The first-order valence-electron chi connectivity index (χ1n) is 10.1. The number of hydrogen-bond donors (Lipinski definition) is 1. The molecule has 0 aromatic heterocycles. The molecule has 0 unspecified atom stereocenters. The van der Waals surface area contributed by atoms with Crippen LogP contribution < -0.4 is 10.1 Å². The molecule has 1 heterocycles. The highest BCUT2D eigenvalue weighted by Crippen LogP contribution is 2.47. The molecule has 4 rings (SSSR count). The Kier molecular flexibility index (Phi) is 5.51. The fourth-order valence-corrected chi connectivity index (χ4v) is 3.98. The standard InChI is InChI=1S/C23H28FN3O/c1-25-22(26-17-23(13-14-23)18-7-9-19(24)10-8-18)27-15-11-21(12-16-27)28-20-5-3-2-4-6-20/h2-10,21H,11-17H2,1H3,(H,25,26). The van der Waals surface area contributed by atoms with E-state index < -0.39 is 0 Å². The molecule has 2 aromatic carbocycles. The van der Waals surface area contributed by atoms with Crippen molar-refractivity contribution in [1.29, 1.82) is 0 Å². The van der Waals surface area contributed by atoms with Gasteiger partial charge in [0.05, 0.1) is 0 Å². The Labute approximate surface area is 166 Å². The molecule has 28 heavy (non-hydrogen) atoms. The molecule has 2 aliphatic rings. The van der Waals surface area contributed by atoms with Crippen LogP contribution in [0.4, 0.5) is 4.39 Å². The van der Waals surface area contributed by atoms with Crippen LogP contribution in [0.5, 0.6) is 5.75 Å². The van der Waals surface area contributed by atoms with Gasteiger partial charge in [-0.1, -0.05) is 30.3 Å². The fraction of sp³-hybridized carbons (Fsp3) is 0.435. The zero-order valence-electron chi connectivity index (χ0n) is 16.4. The second-order valence-corrected chi connectivity index (χ2v) is 7.81. The van der Waals surface area contributed by atoms with E-state index in [2.05, 4.69) is 15.2 Å². The summed E-state index contributed by atoms with van der Waals surface area (Å²) in [5.41, 5.74) is 1.34. The third kappa shape index (κ3) is 4.29. The molecule has 2 aromatic rings. The summed E-state index contributed by atoms with van der Waals surface area (Å²) in [4.78, 5) is 6.80. The summed E-state index contributed by atoms with van der Waals surface area (Å²) in [6.45, 7) is 2.70. The Morgan fingerprint density at radius 2 is 1.79 bits per heavy atom. The molecule has 0 amide bonds. The van der Waals surface area contributed by atoms with E-state index in [1.165, 1.54) is 5.56 Å². The van der Waals surface area contributed by atoms with Crippen LogP contribution in [-0.4, -0.2) is 43.6 Å². The summed E-state index contributed by atoms with van der Waals surface area (Å²) in [6.07, 6.45) is 4.49. The van der Waals surface area contributed by atoms with Gasteiger partial charge in [0.15, 0.2) is 5.96 Å². The van der Waals surface area contributed by atoms with Crippen LogP contribution in [0.3, 0.4) is 0 Å². The summed E-state index contributed by atoms with van der Waals surface area (Å²) in [6, 6.07) is 17.0. The number of nitrogens with one attached hydrogen (secondary N) is 1. The summed E-state index contributed by atoms with van der Waals surface area (Å²) >= 11 is 0. The lowest BCUT2D eigenvalue weighted by atomic mass is 9.96. The van der Waals surface area contributed by atoms with Crippen molar-refractivity contribution in [3.8, 4) is 5.75 Å². The van der Waals surface area contributed by atoms with Crippen molar-refractivity contribution in [3.05, 3.63) is 66.0 Å². The number of rotatable bonds is 5. The summed E-state index contributed by atoms with van der Waals surface area (Å²) in [7, 11) is 1.84. The number of benzene rings is 2.